The Bertz CT molecular complexity index is 1300. The Hall–Kier alpha value is -3.48. The summed E-state index contributed by atoms with van der Waals surface area (Å²) >= 11 is 0. The Morgan fingerprint density at radius 1 is 1.00 bits per heavy atom. The smallest absolute Gasteiger partial charge is 0.445 e. The normalized spacial score (nSPS) is 19.8. The molecule has 2 aliphatic rings. The molecule has 250 valence electrons. The lowest BCUT2D eigenvalue weighted by Gasteiger charge is -2.32. The number of likely N-dealkylation sites (tertiary alicyclic amines) is 1. The first-order valence-corrected chi connectivity index (χ1v) is 16.1. The van der Waals surface area contributed by atoms with Crippen LogP contribution in [-0.2, 0) is 41.4 Å². The van der Waals surface area contributed by atoms with E-state index in [0.29, 0.717) is 44.3 Å². The van der Waals surface area contributed by atoms with Crippen molar-refractivity contribution in [3.05, 3.63) is 71.5 Å². The predicted molar refractivity (Wildman–Crippen MR) is 172 cm³/mol. The molecule has 3 atom stereocenters. The minimum atomic E-state index is -1.02. The van der Waals surface area contributed by atoms with Gasteiger partial charge in [0.1, 0.15) is 24.5 Å². The van der Waals surface area contributed by atoms with Crippen molar-refractivity contribution in [2.45, 2.75) is 102 Å². The SMILES string of the molecule is COCCCC(CB1OC(C)(C)C(C)(C)O1)NC(=O)[C@@H]1CCCN1C(=O)[C@@H](Cc1ccc(F)cc1)NC(=O)OCc1ccccc1. The minimum absolute atomic E-state index is 0.0339. The third-order valence-corrected chi connectivity index (χ3v) is 9.02. The number of nitrogens with one attached hydrogen (secondary N) is 2. The second kappa shape index (κ2) is 15.9. The van der Waals surface area contributed by atoms with Crippen LogP contribution in [0, 0.1) is 5.82 Å². The Balaban J connectivity index is 1.45. The Morgan fingerprint density at radius 3 is 2.33 bits per heavy atom. The number of methoxy groups -OCH3 is 1. The van der Waals surface area contributed by atoms with E-state index in [1.165, 1.54) is 17.0 Å². The number of hydrogen-bond acceptors (Lipinski definition) is 7. The molecular weight excluding hydrogens is 592 g/mol. The molecule has 0 aromatic heterocycles. The molecule has 0 spiro atoms. The average Bonchev–Trinajstić information content (AvgIpc) is 3.58. The zero-order valence-corrected chi connectivity index (χ0v) is 27.6. The summed E-state index contributed by atoms with van der Waals surface area (Å²) in [4.78, 5) is 42.2. The number of carbonyl (C=O) groups is 3. The fraction of sp³-hybridized carbons (Fsp3) is 0.559. The summed E-state index contributed by atoms with van der Waals surface area (Å²) in [5.74, 6) is -1.07. The second-order valence-electron chi connectivity index (χ2n) is 13.0. The highest BCUT2D eigenvalue weighted by atomic mass is 19.1. The van der Waals surface area contributed by atoms with Crippen LogP contribution in [0.25, 0.3) is 0 Å². The van der Waals surface area contributed by atoms with Crippen molar-refractivity contribution in [1.29, 1.82) is 0 Å². The van der Waals surface area contributed by atoms with E-state index >= 15 is 0 Å². The molecule has 4 rings (SSSR count). The average molecular weight is 640 g/mol. The number of ether oxygens (including phenoxy) is 2. The maximum absolute atomic E-state index is 14.0. The number of halogens is 1. The number of alkyl carbamates (subject to hydrolysis) is 1. The van der Waals surface area contributed by atoms with E-state index in [1.807, 2.05) is 58.0 Å². The highest BCUT2D eigenvalue weighted by Crippen LogP contribution is 2.38. The first kappa shape index (κ1) is 35.4. The van der Waals surface area contributed by atoms with E-state index in [-0.39, 0.29) is 25.0 Å². The van der Waals surface area contributed by atoms with Crippen LogP contribution < -0.4 is 10.6 Å². The molecule has 2 saturated heterocycles. The quantitative estimate of drug-likeness (QED) is 0.228. The van der Waals surface area contributed by atoms with Crippen molar-refractivity contribution in [3.63, 3.8) is 0 Å². The van der Waals surface area contributed by atoms with E-state index in [9.17, 15) is 18.8 Å². The first-order chi connectivity index (χ1) is 21.9. The van der Waals surface area contributed by atoms with Gasteiger partial charge in [-0.1, -0.05) is 42.5 Å². The van der Waals surface area contributed by atoms with Crippen molar-refractivity contribution in [1.82, 2.24) is 15.5 Å². The van der Waals surface area contributed by atoms with Gasteiger partial charge in [-0.2, -0.15) is 0 Å². The van der Waals surface area contributed by atoms with Gasteiger partial charge in [-0.3, -0.25) is 9.59 Å². The highest BCUT2D eigenvalue weighted by molar-refractivity contribution is 6.45. The molecular formula is C34H47BFN3O7. The van der Waals surface area contributed by atoms with Gasteiger partial charge in [0.15, 0.2) is 0 Å². The van der Waals surface area contributed by atoms with E-state index in [1.54, 1.807) is 19.2 Å². The molecule has 3 amide bonds. The molecule has 2 aliphatic heterocycles. The van der Waals surface area contributed by atoms with Gasteiger partial charge in [0.2, 0.25) is 11.8 Å². The third kappa shape index (κ3) is 9.53. The van der Waals surface area contributed by atoms with Crippen LogP contribution in [0.3, 0.4) is 0 Å². The van der Waals surface area contributed by atoms with Crippen LogP contribution in [0.1, 0.15) is 64.5 Å². The van der Waals surface area contributed by atoms with E-state index in [2.05, 4.69) is 10.6 Å². The molecule has 0 bridgehead atoms. The Kier molecular flexibility index (Phi) is 12.2. The lowest BCUT2D eigenvalue weighted by atomic mass is 9.79. The van der Waals surface area contributed by atoms with Crippen LogP contribution in [0.5, 0.6) is 0 Å². The van der Waals surface area contributed by atoms with Crippen molar-refractivity contribution < 1.29 is 37.6 Å². The van der Waals surface area contributed by atoms with Crippen molar-refractivity contribution in [2.24, 2.45) is 0 Å². The second-order valence-corrected chi connectivity index (χ2v) is 13.0. The molecule has 2 fully saturated rings. The Labute approximate surface area is 271 Å². The number of nitrogens with zero attached hydrogens (tertiary/aromatic N) is 1. The van der Waals surface area contributed by atoms with E-state index in [4.69, 9.17) is 18.8 Å². The Morgan fingerprint density at radius 2 is 1.67 bits per heavy atom. The number of amides is 3. The van der Waals surface area contributed by atoms with Gasteiger partial charge in [0.05, 0.1) is 11.2 Å². The zero-order chi connectivity index (χ0) is 33.3. The van der Waals surface area contributed by atoms with Gasteiger partial charge in [0, 0.05) is 39.0 Å². The van der Waals surface area contributed by atoms with Gasteiger partial charge < -0.3 is 34.3 Å². The lowest BCUT2D eigenvalue weighted by Crippen LogP contribution is -2.55. The van der Waals surface area contributed by atoms with Crippen molar-refractivity contribution >= 4 is 25.0 Å². The standard InChI is InChI=1S/C34H47BFN3O7/c1-33(2)34(3,4)46-35(45-33)22-27(13-10-20-43-5)37-30(40)29-14-9-19-39(29)31(41)28(21-24-15-17-26(36)18-16-24)38-32(42)44-23-25-11-7-6-8-12-25/h6-8,11-12,15-18,27-29H,9-10,13-14,19-23H2,1-5H3,(H,37,40)(H,38,42)/t27?,28-,29+/m1/s1. The molecule has 2 N–H and O–H groups in total. The summed E-state index contributed by atoms with van der Waals surface area (Å²) in [5.41, 5.74) is 0.463. The molecule has 12 heteroatoms. The van der Waals surface area contributed by atoms with Gasteiger partial charge in [-0.25, -0.2) is 9.18 Å². The molecule has 10 nitrogen and oxygen atoms in total. The maximum Gasteiger partial charge on any atom is 0.459 e. The van der Waals surface area contributed by atoms with Gasteiger partial charge in [-0.15, -0.1) is 0 Å². The summed E-state index contributed by atoms with van der Waals surface area (Å²) in [6, 6.07) is 13.0. The van der Waals surface area contributed by atoms with E-state index in [0.717, 1.165) is 12.0 Å². The van der Waals surface area contributed by atoms with E-state index < -0.39 is 48.2 Å². The topological polar surface area (TPSA) is 115 Å². The van der Waals surface area contributed by atoms with Crippen LogP contribution in [0.2, 0.25) is 6.32 Å². The largest absolute Gasteiger partial charge is 0.459 e. The molecule has 2 heterocycles. The van der Waals surface area contributed by atoms with Gasteiger partial charge >= 0.3 is 13.2 Å². The number of carbonyl (C=O) groups excluding carboxylic acids is 3. The molecule has 2 aromatic carbocycles. The molecule has 2 aromatic rings. The van der Waals surface area contributed by atoms with Crippen LogP contribution in [0.4, 0.5) is 9.18 Å². The van der Waals surface area contributed by atoms with Gasteiger partial charge in [-0.05, 0) is 76.6 Å². The first-order valence-electron chi connectivity index (χ1n) is 16.1. The highest BCUT2D eigenvalue weighted by Gasteiger charge is 2.51. The minimum Gasteiger partial charge on any atom is -0.445 e. The lowest BCUT2D eigenvalue weighted by molar-refractivity contribution is -0.140. The number of hydrogen-bond donors (Lipinski definition) is 2. The predicted octanol–water partition coefficient (Wildman–Crippen LogP) is 4.66. The number of benzene rings is 2. The molecule has 0 aliphatic carbocycles. The zero-order valence-electron chi connectivity index (χ0n) is 27.6. The van der Waals surface area contributed by atoms with Crippen molar-refractivity contribution in [2.75, 3.05) is 20.3 Å². The summed E-state index contributed by atoms with van der Waals surface area (Å²) in [7, 11) is 1.14. The molecule has 1 unspecified atom stereocenters. The third-order valence-electron chi connectivity index (χ3n) is 9.02. The summed E-state index contributed by atoms with van der Waals surface area (Å²) in [5, 5.41) is 5.86. The van der Waals surface area contributed by atoms with Crippen LogP contribution in [-0.4, -0.2) is 79.5 Å². The summed E-state index contributed by atoms with van der Waals surface area (Å²) in [6.45, 7) is 8.89. The van der Waals surface area contributed by atoms with Crippen molar-refractivity contribution in [3.8, 4) is 0 Å². The molecule has 0 radical (unpaired) electrons. The monoisotopic (exact) mass is 639 g/mol. The molecule has 0 saturated carbocycles. The maximum atomic E-state index is 14.0. The summed E-state index contributed by atoms with van der Waals surface area (Å²) in [6.07, 6.45) is 2.29. The fourth-order valence-corrected chi connectivity index (χ4v) is 5.78. The van der Waals surface area contributed by atoms with Crippen LogP contribution in [0.15, 0.2) is 54.6 Å². The molecule has 46 heavy (non-hydrogen) atoms. The summed E-state index contributed by atoms with van der Waals surface area (Å²) < 4.78 is 36.7. The van der Waals surface area contributed by atoms with Gasteiger partial charge in [0.25, 0.3) is 0 Å². The van der Waals surface area contributed by atoms with Crippen LogP contribution >= 0.6 is 0 Å². The fourth-order valence-electron chi connectivity index (χ4n) is 5.78. The number of rotatable bonds is 14.